The summed E-state index contributed by atoms with van der Waals surface area (Å²) in [5.74, 6) is -0.0248. The number of nitrogens with one attached hydrogen (secondary N) is 1. The highest BCUT2D eigenvalue weighted by atomic mass is 32.1. The first-order chi connectivity index (χ1) is 7.79. The van der Waals surface area contributed by atoms with Gasteiger partial charge in [-0.25, -0.2) is 4.98 Å². The molecule has 2 heterocycles. The number of amides is 1. The van der Waals surface area contributed by atoms with Gasteiger partial charge in [0.2, 0.25) is 0 Å². The molecule has 2 aromatic heterocycles. The van der Waals surface area contributed by atoms with Gasteiger partial charge in [0.1, 0.15) is 5.01 Å². The van der Waals surface area contributed by atoms with E-state index in [9.17, 15) is 4.79 Å². The summed E-state index contributed by atoms with van der Waals surface area (Å²) >= 11 is 3.10. The molecule has 0 aliphatic carbocycles. The van der Waals surface area contributed by atoms with Crippen LogP contribution < -0.4 is 5.32 Å². The first-order valence-corrected chi connectivity index (χ1v) is 6.74. The van der Waals surface area contributed by atoms with Crippen molar-refractivity contribution in [3.05, 3.63) is 38.5 Å². The molecule has 3 nitrogen and oxygen atoms in total. The van der Waals surface area contributed by atoms with E-state index in [1.54, 1.807) is 11.3 Å². The van der Waals surface area contributed by atoms with Crippen LogP contribution in [0.25, 0.3) is 0 Å². The van der Waals surface area contributed by atoms with E-state index in [0.29, 0.717) is 6.54 Å². The van der Waals surface area contributed by atoms with Crippen molar-refractivity contribution >= 4 is 28.6 Å². The second-order valence-corrected chi connectivity index (χ2v) is 5.38. The minimum absolute atomic E-state index is 0.0248. The van der Waals surface area contributed by atoms with Gasteiger partial charge in [0, 0.05) is 11.1 Å². The van der Waals surface area contributed by atoms with Crippen LogP contribution in [0.3, 0.4) is 0 Å². The Bertz CT molecular complexity index is 462. The molecular weight excluding hydrogens is 240 g/mol. The number of nitrogens with zero attached hydrogens (tertiary/aromatic N) is 1. The molecule has 1 amide bonds. The third-order valence-electron chi connectivity index (χ3n) is 2.10. The summed E-state index contributed by atoms with van der Waals surface area (Å²) in [7, 11) is 0. The zero-order valence-corrected chi connectivity index (χ0v) is 10.5. The van der Waals surface area contributed by atoms with Gasteiger partial charge in [-0.15, -0.1) is 22.7 Å². The predicted octanol–water partition coefficient (Wildman–Crippen LogP) is 2.70. The Labute approximate surface area is 102 Å². The summed E-state index contributed by atoms with van der Waals surface area (Å²) in [6, 6.07) is 3.69. The average Bonchev–Trinajstić information content (AvgIpc) is 2.96. The summed E-state index contributed by atoms with van der Waals surface area (Å²) in [4.78, 5) is 17.9. The average molecular weight is 252 g/mol. The minimum atomic E-state index is -0.0248. The molecule has 0 aliphatic rings. The van der Waals surface area contributed by atoms with E-state index >= 15 is 0 Å². The fraction of sp³-hybridized carbons (Fsp3) is 0.273. The van der Waals surface area contributed by atoms with E-state index in [-0.39, 0.29) is 5.91 Å². The molecule has 2 aromatic rings. The van der Waals surface area contributed by atoms with Gasteiger partial charge in [-0.3, -0.25) is 4.79 Å². The van der Waals surface area contributed by atoms with Crippen molar-refractivity contribution in [3.8, 4) is 0 Å². The number of carbonyl (C=O) groups excluding carboxylic acids is 1. The lowest BCUT2D eigenvalue weighted by Gasteiger charge is -1.99. The molecule has 0 aliphatic heterocycles. The molecule has 84 valence electrons. The predicted molar refractivity (Wildman–Crippen MR) is 67.0 cm³/mol. The van der Waals surface area contributed by atoms with Crippen molar-refractivity contribution in [2.75, 3.05) is 0 Å². The molecule has 16 heavy (non-hydrogen) atoms. The molecule has 0 atom stereocenters. The maximum Gasteiger partial charge on any atom is 0.261 e. The van der Waals surface area contributed by atoms with Gasteiger partial charge in [0.05, 0.1) is 11.4 Å². The number of hydrogen-bond donors (Lipinski definition) is 1. The standard InChI is InChI=1S/C11H12N2OS2/c1-2-8-6-12-10(16-8)7-13-11(14)9-4-3-5-15-9/h3-6H,2,7H2,1H3,(H,13,14). The van der Waals surface area contributed by atoms with Gasteiger partial charge in [-0.05, 0) is 17.9 Å². The maximum atomic E-state index is 11.6. The van der Waals surface area contributed by atoms with Crippen molar-refractivity contribution in [1.82, 2.24) is 10.3 Å². The lowest BCUT2D eigenvalue weighted by atomic mass is 10.4. The number of aromatic nitrogens is 1. The molecule has 2 rings (SSSR count). The Morgan fingerprint density at radius 2 is 2.44 bits per heavy atom. The Hall–Kier alpha value is -1.20. The quantitative estimate of drug-likeness (QED) is 0.909. The van der Waals surface area contributed by atoms with Crippen molar-refractivity contribution in [2.24, 2.45) is 0 Å². The Balaban J connectivity index is 1.90. The molecule has 5 heteroatoms. The van der Waals surface area contributed by atoms with Crippen molar-refractivity contribution in [3.63, 3.8) is 0 Å². The third-order valence-corrected chi connectivity index (χ3v) is 4.11. The van der Waals surface area contributed by atoms with Crippen LogP contribution in [0, 0.1) is 0 Å². The van der Waals surface area contributed by atoms with Gasteiger partial charge in [0.15, 0.2) is 0 Å². The Morgan fingerprint density at radius 3 is 3.06 bits per heavy atom. The highest BCUT2D eigenvalue weighted by Crippen LogP contribution is 2.13. The lowest BCUT2D eigenvalue weighted by Crippen LogP contribution is -2.21. The van der Waals surface area contributed by atoms with Gasteiger partial charge < -0.3 is 5.32 Å². The smallest absolute Gasteiger partial charge is 0.261 e. The molecule has 0 unspecified atom stereocenters. The largest absolute Gasteiger partial charge is 0.345 e. The molecule has 0 spiro atoms. The molecular formula is C11H12N2OS2. The Morgan fingerprint density at radius 1 is 1.56 bits per heavy atom. The van der Waals surface area contributed by atoms with Crippen LogP contribution in [-0.2, 0) is 13.0 Å². The molecule has 0 bridgehead atoms. The molecule has 1 N–H and O–H groups in total. The zero-order valence-electron chi connectivity index (χ0n) is 8.90. The molecule has 0 radical (unpaired) electrons. The molecule has 0 aromatic carbocycles. The van der Waals surface area contributed by atoms with Crippen molar-refractivity contribution in [1.29, 1.82) is 0 Å². The second-order valence-electron chi connectivity index (χ2n) is 3.23. The summed E-state index contributed by atoms with van der Waals surface area (Å²) < 4.78 is 0. The third kappa shape index (κ3) is 2.68. The first kappa shape index (κ1) is 11.3. The molecule has 0 saturated heterocycles. The van der Waals surface area contributed by atoms with Gasteiger partial charge >= 0.3 is 0 Å². The van der Waals surface area contributed by atoms with E-state index in [0.717, 1.165) is 16.3 Å². The number of thiazole rings is 1. The number of hydrogen-bond acceptors (Lipinski definition) is 4. The van der Waals surface area contributed by atoms with Crippen LogP contribution in [0.4, 0.5) is 0 Å². The summed E-state index contributed by atoms with van der Waals surface area (Å²) in [5.41, 5.74) is 0. The van der Waals surface area contributed by atoms with Gasteiger partial charge in [0.25, 0.3) is 5.91 Å². The van der Waals surface area contributed by atoms with E-state index in [1.165, 1.54) is 16.2 Å². The topological polar surface area (TPSA) is 42.0 Å². The lowest BCUT2D eigenvalue weighted by molar-refractivity contribution is 0.0955. The van der Waals surface area contributed by atoms with E-state index in [1.807, 2.05) is 23.7 Å². The number of thiophene rings is 1. The second kappa shape index (κ2) is 5.23. The number of aryl methyl sites for hydroxylation is 1. The van der Waals surface area contributed by atoms with E-state index < -0.39 is 0 Å². The normalized spacial score (nSPS) is 10.3. The van der Waals surface area contributed by atoms with Gasteiger partial charge in [-0.2, -0.15) is 0 Å². The highest BCUT2D eigenvalue weighted by molar-refractivity contribution is 7.12. The van der Waals surface area contributed by atoms with Crippen LogP contribution in [0.2, 0.25) is 0 Å². The summed E-state index contributed by atoms with van der Waals surface area (Å²) in [6.45, 7) is 2.61. The minimum Gasteiger partial charge on any atom is -0.345 e. The van der Waals surface area contributed by atoms with Crippen LogP contribution in [0.15, 0.2) is 23.7 Å². The molecule has 0 saturated carbocycles. The molecule has 0 fully saturated rings. The summed E-state index contributed by atoms with van der Waals surface area (Å²) in [5, 5.41) is 5.71. The first-order valence-electron chi connectivity index (χ1n) is 5.05. The van der Waals surface area contributed by atoms with Gasteiger partial charge in [-0.1, -0.05) is 13.0 Å². The fourth-order valence-corrected chi connectivity index (χ4v) is 2.69. The number of carbonyl (C=O) groups is 1. The van der Waals surface area contributed by atoms with Crippen molar-refractivity contribution in [2.45, 2.75) is 19.9 Å². The maximum absolute atomic E-state index is 11.6. The SMILES string of the molecule is CCc1cnc(CNC(=O)c2cccs2)s1. The van der Waals surface area contributed by atoms with E-state index in [4.69, 9.17) is 0 Å². The van der Waals surface area contributed by atoms with E-state index in [2.05, 4.69) is 17.2 Å². The van der Waals surface area contributed by atoms with Crippen LogP contribution in [-0.4, -0.2) is 10.9 Å². The van der Waals surface area contributed by atoms with Crippen LogP contribution in [0.5, 0.6) is 0 Å². The number of rotatable bonds is 4. The van der Waals surface area contributed by atoms with Crippen LogP contribution >= 0.6 is 22.7 Å². The van der Waals surface area contributed by atoms with Crippen molar-refractivity contribution < 1.29 is 4.79 Å². The highest BCUT2D eigenvalue weighted by Gasteiger charge is 2.07. The monoisotopic (exact) mass is 252 g/mol. The van der Waals surface area contributed by atoms with Crippen LogP contribution in [0.1, 0.15) is 26.5 Å². The zero-order chi connectivity index (χ0) is 11.4. The Kier molecular flexibility index (Phi) is 3.69. The summed E-state index contributed by atoms with van der Waals surface area (Å²) in [6.07, 6.45) is 2.87. The fourth-order valence-electron chi connectivity index (χ4n) is 1.24.